The molecule has 0 bridgehead atoms. The molecule has 1 fully saturated rings. The van der Waals surface area contributed by atoms with E-state index in [1.165, 1.54) is 0 Å². The summed E-state index contributed by atoms with van der Waals surface area (Å²) < 4.78 is 7.40. The second kappa shape index (κ2) is 10.6. The molecule has 0 aliphatic carbocycles. The number of aromatic nitrogens is 1. The molecule has 6 nitrogen and oxygen atoms in total. The maximum Gasteiger partial charge on any atom is 0.255 e. The zero-order valence-electron chi connectivity index (χ0n) is 21.1. The minimum atomic E-state index is -0.618. The first kappa shape index (κ1) is 26.1. The third-order valence-electron chi connectivity index (χ3n) is 6.72. The van der Waals surface area contributed by atoms with Crippen LogP contribution in [-0.4, -0.2) is 65.4 Å². The van der Waals surface area contributed by atoms with Gasteiger partial charge in [-0.25, -0.2) is 0 Å². The summed E-state index contributed by atoms with van der Waals surface area (Å²) in [7, 11) is 1.63. The number of nitrogens with zero attached hydrogens (tertiary/aromatic N) is 3. The fraction of sp³-hybridized carbons (Fsp3) is 0.357. The molecular formula is C28H31Cl2N3O3. The molecule has 0 atom stereocenters. The van der Waals surface area contributed by atoms with Gasteiger partial charge in [-0.3, -0.25) is 9.59 Å². The normalized spacial score (nSPS) is 14.2. The maximum atomic E-state index is 13.7. The van der Waals surface area contributed by atoms with Crippen LogP contribution in [0.25, 0.3) is 16.9 Å². The number of methoxy groups -OCH3 is 1. The number of hydrogen-bond donors (Lipinski definition) is 0. The number of piperazine rings is 1. The molecule has 8 heteroatoms. The van der Waals surface area contributed by atoms with Crippen LogP contribution in [0.3, 0.4) is 0 Å². The summed E-state index contributed by atoms with van der Waals surface area (Å²) in [6.07, 6.45) is 0. The number of benzene rings is 2. The van der Waals surface area contributed by atoms with Crippen molar-refractivity contribution in [2.75, 3.05) is 39.2 Å². The van der Waals surface area contributed by atoms with E-state index >= 15 is 0 Å². The van der Waals surface area contributed by atoms with Crippen LogP contribution in [0.4, 0.5) is 0 Å². The predicted octanol–water partition coefficient (Wildman–Crippen LogP) is 5.66. The lowest BCUT2D eigenvalue weighted by Crippen LogP contribution is -2.53. The first-order valence-corrected chi connectivity index (χ1v) is 12.8. The van der Waals surface area contributed by atoms with Crippen molar-refractivity contribution in [2.24, 2.45) is 5.41 Å². The van der Waals surface area contributed by atoms with Gasteiger partial charge in [0.05, 0.1) is 23.8 Å². The van der Waals surface area contributed by atoms with Crippen molar-refractivity contribution in [1.82, 2.24) is 14.4 Å². The number of halogens is 2. The molecule has 4 rings (SSSR count). The van der Waals surface area contributed by atoms with Crippen LogP contribution in [0.2, 0.25) is 5.02 Å². The zero-order valence-corrected chi connectivity index (χ0v) is 22.6. The second-order valence-electron chi connectivity index (χ2n) is 9.67. The Hall–Kier alpha value is -2.96. The number of carbonyl (C=O) groups is 2. The van der Waals surface area contributed by atoms with Crippen LogP contribution < -0.4 is 4.74 Å². The van der Waals surface area contributed by atoms with Crippen LogP contribution in [0, 0.1) is 12.3 Å². The summed E-state index contributed by atoms with van der Waals surface area (Å²) in [5, 5.41) is 0.652. The Kier molecular flexibility index (Phi) is 7.67. The molecule has 2 aromatic carbocycles. The molecular weight excluding hydrogens is 497 g/mol. The molecule has 2 amide bonds. The van der Waals surface area contributed by atoms with Crippen LogP contribution in [0.15, 0.2) is 54.6 Å². The Morgan fingerprint density at radius 3 is 2.08 bits per heavy atom. The molecule has 1 aliphatic heterocycles. The second-order valence-corrected chi connectivity index (χ2v) is 10.4. The number of ether oxygens (including phenoxy) is 1. The summed E-state index contributed by atoms with van der Waals surface area (Å²) >= 11 is 12.1. The van der Waals surface area contributed by atoms with Crippen molar-refractivity contribution >= 4 is 35.0 Å². The average Bonchev–Trinajstić information content (AvgIpc) is 3.25. The van der Waals surface area contributed by atoms with Gasteiger partial charge in [-0.1, -0.05) is 23.7 Å². The van der Waals surface area contributed by atoms with E-state index in [4.69, 9.17) is 27.9 Å². The Bertz CT molecular complexity index is 1240. The van der Waals surface area contributed by atoms with Gasteiger partial charge in [0.1, 0.15) is 5.75 Å². The van der Waals surface area contributed by atoms with Gasteiger partial charge in [0.2, 0.25) is 5.91 Å². The average molecular weight is 528 g/mol. The van der Waals surface area contributed by atoms with E-state index in [0.717, 1.165) is 28.4 Å². The van der Waals surface area contributed by atoms with E-state index in [9.17, 15) is 9.59 Å². The van der Waals surface area contributed by atoms with Gasteiger partial charge in [0.25, 0.3) is 5.91 Å². The molecule has 0 saturated carbocycles. The van der Waals surface area contributed by atoms with E-state index in [1.807, 2.05) is 80.3 Å². The third-order valence-corrected chi connectivity index (χ3v) is 7.64. The fourth-order valence-corrected chi connectivity index (χ4v) is 4.73. The van der Waals surface area contributed by atoms with Crippen molar-refractivity contribution in [2.45, 2.75) is 20.8 Å². The molecule has 3 aromatic rings. The van der Waals surface area contributed by atoms with Crippen LogP contribution in [-0.2, 0) is 4.79 Å². The highest BCUT2D eigenvalue weighted by Crippen LogP contribution is 2.32. The monoisotopic (exact) mass is 527 g/mol. The van der Waals surface area contributed by atoms with E-state index in [-0.39, 0.29) is 17.7 Å². The number of amides is 2. The minimum Gasteiger partial charge on any atom is -0.497 e. The van der Waals surface area contributed by atoms with Gasteiger partial charge in [0.15, 0.2) is 0 Å². The van der Waals surface area contributed by atoms with Crippen molar-refractivity contribution in [3.63, 3.8) is 0 Å². The van der Waals surface area contributed by atoms with Crippen molar-refractivity contribution < 1.29 is 14.3 Å². The Balaban J connectivity index is 1.65. The van der Waals surface area contributed by atoms with Crippen LogP contribution in [0.1, 0.15) is 29.9 Å². The van der Waals surface area contributed by atoms with E-state index in [1.54, 1.807) is 12.0 Å². The Morgan fingerprint density at radius 1 is 0.944 bits per heavy atom. The molecule has 0 spiro atoms. The molecule has 0 radical (unpaired) electrons. The van der Waals surface area contributed by atoms with Gasteiger partial charge in [-0.15, -0.1) is 11.6 Å². The highest BCUT2D eigenvalue weighted by molar-refractivity contribution is 6.30. The number of carbonyl (C=O) groups excluding carboxylic acids is 2. The lowest BCUT2D eigenvalue weighted by atomic mass is 9.94. The quantitative estimate of drug-likeness (QED) is 0.388. The first-order valence-electron chi connectivity index (χ1n) is 11.9. The van der Waals surface area contributed by atoms with E-state index < -0.39 is 5.41 Å². The number of hydrogen-bond acceptors (Lipinski definition) is 3. The minimum absolute atomic E-state index is 0.0245. The van der Waals surface area contributed by atoms with Gasteiger partial charge >= 0.3 is 0 Å². The standard InChI is InChI=1S/C28H31Cl2N3O3/c1-19-24(26(34)31-13-15-32(16-14-31)27(35)28(2,3)18-29)17-25(20-5-7-21(30)8-6-20)33(19)22-9-11-23(36-4)12-10-22/h5-12,17H,13-16,18H2,1-4H3. The zero-order chi connectivity index (χ0) is 26.0. The Labute approximate surface area is 222 Å². The molecule has 0 unspecified atom stereocenters. The topological polar surface area (TPSA) is 54.8 Å². The van der Waals surface area contributed by atoms with Crippen LogP contribution >= 0.6 is 23.2 Å². The molecule has 1 aliphatic rings. The number of alkyl halides is 1. The molecule has 36 heavy (non-hydrogen) atoms. The summed E-state index contributed by atoms with van der Waals surface area (Å²) in [6.45, 7) is 7.60. The van der Waals surface area contributed by atoms with Crippen molar-refractivity contribution in [3.8, 4) is 22.7 Å². The lowest BCUT2D eigenvalue weighted by molar-refractivity contribution is -0.140. The molecule has 190 valence electrons. The third kappa shape index (κ3) is 5.11. The highest BCUT2D eigenvalue weighted by Gasteiger charge is 2.34. The summed E-state index contributed by atoms with van der Waals surface area (Å²) in [5.41, 5.74) is 3.64. The lowest BCUT2D eigenvalue weighted by Gasteiger charge is -2.38. The predicted molar refractivity (Wildman–Crippen MR) is 144 cm³/mol. The largest absolute Gasteiger partial charge is 0.497 e. The summed E-state index contributed by atoms with van der Waals surface area (Å²) in [6, 6.07) is 17.3. The fourth-order valence-electron chi connectivity index (χ4n) is 4.49. The summed E-state index contributed by atoms with van der Waals surface area (Å²) in [4.78, 5) is 30.1. The smallest absolute Gasteiger partial charge is 0.255 e. The molecule has 1 saturated heterocycles. The van der Waals surface area contributed by atoms with Crippen molar-refractivity contribution in [1.29, 1.82) is 0 Å². The molecule has 2 heterocycles. The van der Waals surface area contributed by atoms with Gasteiger partial charge in [-0.2, -0.15) is 0 Å². The highest BCUT2D eigenvalue weighted by atomic mass is 35.5. The first-order chi connectivity index (χ1) is 17.2. The van der Waals surface area contributed by atoms with Gasteiger partial charge < -0.3 is 19.1 Å². The van der Waals surface area contributed by atoms with Gasteiger partial charge in [0, 0.05) is 48.5 Å². The van der Waals surface area contributed by atoms with Crippen molar-refractivity contribution in [3.05, 3.63) is 70.9 Å². The molecule has 0 N–H and O–H groups in total. The van der Waals surface area contributed by atoms with E-state index in [0.29, 0.717) is 36.8 Å². The maximum absolute atomic E-state index is 13.7. The van der Waals surface area contributed by atoms with Gasteiger partial charge in [-0.05, 0) is 68.8 Å². The Morgan fingerprint density at radius 2 is 1.53 bits per heavy atom. The number of rotatable bonds is 6. The SMILES string of the molecule is COc1ccc(-n2c(-c3ccc(Cl)cc3)cc(C(=O)N3CCN(C(=O)C(C)(C)CCl)CC3)c2C)cc1. The summed E-state index contributed by atoms with van der Waals surface area (Å²) in [5.74, 6) is 1.00. The van der Waals surface area contributed by atoms with Crippen LogP contribution in [0.5, 0.6) is 5.75 Å². The van der Waals surface area contributed by atoms with E-state index in [2.05, 4.69) is 4.57 Å². The molecule has 1 aromatic heterocycles.